The standard InChI is InChI=1S/C12H10F2N4O3/c1-19-10-5-9(17-11(15)18-10)16-6-2-3-7-8(4-6)21-12(13,14)20-7/h2-5H,1H3,(H3,15,16,17,18). The summed E-state index contributed by atoms with van der Waals surface area (Å²) in [7, 11) is 1.44. The first-order chi connectivity index (χ1) is 9.95. The van der Waals surface area contributed by atoms with Crippen molar-refractivity contribution in [1.82, 2.24) is 9.97 Å². The van der Waals surface area contributed by atoms with E-state index in [4.69, 9.17) is 10.5 Å². The average Bonchev–Trinajstić information content (AvgIpc) is 2.71. The van der Waals surface area contributed by atoms with Crippen molar-refractivity contribution in [3.05, 3.63) is 24.3 Å². The molecule has 2 heterocycles. The molecule has 0 saturated carbocycles. The van der Waals surface area contributed by atoms with E-state index in [-0.39, 0.29) is 23.3 Å². The average molecular weight is 296 g/mol. The summed E-state index contributed by atoms with van der Waals surface area (Å²) in [4.78, 5) is 7.79. The van der Waals surface area contributed by atoms with Crippen molar-refractivity contribution in [2.24, 2.45) is 0 Å². The number of halogens is 2. The molecule has 0 radical (unpaired) electrons. The number of anilines is 3. The van der Waals surface area contributed by atoms with Gasteiger partial charge in [-0.05, 0) is 12.1 Å². The molecule has 1 aliphatic rings. The molecule has 0 bridgehead atoms. The van der Waals surface area contributed by atoms with E-state index in [1.807, 2.05) is 0 Å². The van der Waals surface area contributed by atoms with Crippen LogP contribution in [0.3, 0.4) is 0 Å². The van der Waals surface area contributed by atoms with Crippen LogP contribution in [-0.4, -0.2) is 23.4 Å². The van der Waals surface area contributed by atoms with Crippen molar-refractivity contribution >= 4 is 17.5 Å². The monoisotopic (exact) mass is 296 g/mol. The summed E-state index contributed by atoms with van der Waals surface area (Å²) in [6, 6.07) is 5.77. The number of ether oxygens (including phenoxy) is 3. The third-order valence-corrected chi connectivity index (χ3v) is 2.60. The molecule has 3 rings (SSSR count). The molecule has 1 aliphatic heterocycles. The number of hydrogen-bond acceptors (Lipinski definition) is 7. The SMILES string of the molecule is COc1cc(Nc2ccc3c(c2)OC(F)(F)O3)nc(N)n1. The summed E-state index contributed by atoms with van der Waals surface area (Å²) >= 11 is 0. The topological polar surface area (TPSA) is 91.5 Å². The summed E-state index contributed by atoms with van der Waals surface area (Å²) < 4.78 is 39.5. The van der Waals surface area contributed by atoms with Gasteiger partial charge in [0.15, 0.2) is 11.5 Å². The van der Waals surface area contributed by atoms with Gasteiger partial charge in [0.2, 0.25) is 11.8 Å². The molecule has 0 spiro atoms. The normalized spacial score (nSPS) is 14.8. The number of methoxy groups -OCH3 is 1. The number of benzene rings is 1. The van der Waals surface area contributed by atoms with E-state index < -0.39 is 6.29 Å². The van der Waals surface area contributed by atoms with Gasteiger partial charge in [0.25, 0.3) is 0 Å². The Morgan fingerprint density at radius 3 is 2.71 bits per heavy atom. The van der Waals surface area contributed by atoms with Crippen LogP contribution >= 0.6 is 0 Å². The summed E-state index contributed by atoms with van der Waals surface area (Å²) in [6.45, 7) is 0. The zero-order valence-corrected chi connectivity index (χ0v) is 10.8. The van der Waals surface area contributed by atoms with E-state index in [2.05, 4.69) is 24.8 Å². The fourth-order valence-electron chi connectivity index (χ4n) is 1.79. The lowest BCUT2D eigenvalue weighted by atomic mass is 10.3. The maximum atomic E-state index is 12.9. The second-order valence-electron chi connectivity index (χ2n) is 4.11. The van der Waals surface area contributed by atoms with E-state index >= 15 is 0 Å². The molecule has 0 saturated heterocycles. The predicted octanol–water partition coefficient (Wildman–Crippen LogP) is 2.13. The maximum absolute atomic E-state index is 12.9. The van der Waals surface area contributed by atoms with Crippen molar-refractivity contribution in [2.75, 3.05) is 18.2 Å². The van der Waals surface area contributed by atoms with Crippen molar-refractivity contribution in [2.45, 2.75) is 6.29 Å². The number of hydrogen-bond donors (Lipinski definition) is 2. The number of rotatable bonds is 3. The zero-order valence-electron chi connectivity index (χ0n) is 10.8. The third kappa shape index (κ3) is 2.71. The van der Waals surface area contributed by atoms with Gasteiger partial charge >= 0.3 is 6.29 Å². The van der Waals surface area contributed by atoms with Gasteiger partial charge in [-0.2, -0.15) is 9.97 Å². The molecule has 0 amide bonds. The molecular formula is C12H10F2N4O3. The molecule has 2 aromatic rings. The minimum absolute atomic E-state index is 0.0177. The number of nitrogens with one attached hydrogen (secondary N) is 1. The van der Waals surface area contributed by atoms with Gasteiger partial charge in [0.1, 0.15) is 5.82 Å². The van der Waals surface area contributed by atoms with Crippen LogP contribution in [0.5, 0.6) is 17.4 Å². The molecule has 0 unspecified atom stereocenters. The van der Waals surface area contributed by atoms with Gasteiger partial charge in [-0.1, -0.05) is 0 Å². The fourth-order valence-corrected chi connectivity index (χ4v) is 1.79. The second kappa shape index (κ2) is 4.62. The van der Waals surface area contributed by atoms with Crippen LogP contribution in [-0.2, 0) is 0 Å². The first-order valence-electron chi connectivity index (χ1n) is 5.81. The second-order valence-corrected chi connectivity index (χ2v) is 4.11. The van der Waals surface area contributed by atoms with E-state index in [9.17, 15) is 8.78 Å². The highest BCUT2D eigenvalue weighted by molar-refractivity contribution is 5.63. The van der Waals surface area contributed by atoms with E-state index in [1.165, 1.54) is 31.4 Å². The molecule has 9 heteroatoms. The summed E-state index contributed by atoms with van der Waals surface area (Å²) in [5, 5.41) is 2.88. The van der Waals surface area contributed by atoms with Gasteiger partial charge < -0.3 is 25.3 Å². The van der Waals surface area contributed by atoms with Gasteiger partial charge in [0, 0.05) is 17.8 Å². The number of nitrogen functional groups attached to an aromatic ring is 1. The smallest absolute Gasteiger partial charge is 0.481 e. The van der Waals surface area contributed by atoms with Gasteiger partial charge in [-0.3, -0.25) is 0 Å². The first kappa shape index (κ1) is 13.2. The van der Waals surface area contributed by atoms with E-state index in [1.54, 1.807) is 0 Å². The summed E-state index contributed by atoms with van der Waals surface area (Å²) in [5.41, 5.74) is 6.00. The van der Waals surface area contributed by atoms with Crippen LogP contribution in [0.4, 0.5) is 26.2 Å². The number of alkyl halides is 2. The quantitative estimate of drug-likeness (QED) is 0.896. The highest BCUT2D eigenvalue weighted by Crippen LogP contribution is 2.42. The number of nitrogens with two attached hydrogens (primary N) is 1. The van der Waals surface area contributed by atoms with Gasteiger partial charge in [-0.15, -0.1) is 8.78 Å². The van der Waals surface area contributed by atoms with E-state index in [0.29, 0.717) is 11.5 Å². The van der Waals surface area contributed by atoms with Crippen LogP contribution in [0.15, 0.2) is 24.3 Å². The fraction of sp³-hybridized carbons (Fsp3) is 0.167. The van der Waals surface area contributed by atoms with Gasteiger partial charge in [-0.25, -0.2) is 0 Å². The summed E-state index contributed by atoms with van der Waals surface area (Å²) in [6.07, 6.45) is -3.65. The van der Waals surface area contributed by atoms with Crippen molar-refractivity contribution in [3.63, 3.8) is 0 Å². The summed E-state index contributed by atoms with van der Waals surface area (Å²) in [5.74, 6) is 0.538. The van der Waals surface area contributed by atoms with E-state index in [0.717, 1.165) is 0 Å². The lowest BCUT2D eigenvalue weighted by molar-refractivity contribution is -0.286. The molecule has 7 nitrogen and oxygen atoms in total. The van der Waals surface area contributed by atoms with Crippen LogP contribution in [0.1, 0.15) is 0 Å². The Kier molecular flexibility index (Phi) is 2.89. The zero-order chi connectivity index (χ0) is 15.0. The Morgan fingerprint density at radius 2 is 1.95 bits per heavy atom. The molecular weight excluding hydrogens is 286 g/mol. The molecule has 21 heavy (non-hydrogen) atoms. The Hall–Kier alpha value is -2.84. The Bertz CT molecular complexity index is 696. The van der Waals surface area contributed by atoms with Crippen LogP contribution < -0.4 is 25.3 Å². The molecule has 0 aliphatic carbocycles. The Balaban J connectivity index is 1.85. The third-order valence-electron chi connectivity index (χ3n) is 2.60. The highest BCUT2D eigenvalue weighted by atomic mass is 19.3. The molecule has 3 N–H and O–H groups in total. The Morgan fingerprint density at radius 1 is 1.19 bits per heavy atom. The van der Waals surface area contributed by atoms with Crippen molar-refractivity contribution in [1.29, 1.82) is 0 Å². The molecule has 1 aromatic heterocycles. The molecule has 0 atom stereocenters. The number of nitrogens with zero attached hydrogens (tertiary/aromatic N) is 2. The largest absolute Gasteiger partial charge is 0.586 e. The lowest BCUT2D eigenvalue weighted by Crippen LogP contribution is -2.25. The molecule has 0 fully saturated rings. The first-order valence-corrected chi connectivity index (χ1v) is 5.81. The minimum atomic E-state index is -3.65. The van der Waals surface area contributed by atoms with Gasteiger partial charge in [0.05, 0.1) is 7.11 Å². The molecule has 110 valence electrons. The molecule has 1 aromatic carbocycles. The predicted molar refractivity (Wildman–Crippen MR) is 68.9 cm³/mol. The number of fused-ring (bicyclic) bond motifs is 1. The Labute approximate surface area is 117 Å². The van der Waals surface area contributed by atoms with Crippen LogP contribution in [0.25, 0.3) is 0 Å². The lowest BCUT2D eigenvalue weighted by Gasteiger charge is -2.08. The number of aromatic nitrogens is 2. The highest BCUT2D eigenvalue weighted by Gasteiger charge is 2.43. The minimum Gasteiger partial charge on any atom is -0.481 e. The van der Waals surface area contributed by atoms with Crippen molar-refractivity contribution < 1.29 is 23.0 Å². The maximum Gasteiger partial charge on any atom is 0.586 e. The van der Waals surface area contributed by atoms with Crippen molar-refractivity contribution in [3.8, 4) is 17.4 Å². The van der Waals surface area contributed by atoms with Crippen LogP contribution in [0, 0.1) is 0 Å². The van der Waals surface area contributed by atoms with Crippen LogP contribution in [0.2, 0.25) is 0 Å².